The summed E-state index contributed by atoms with van der Waals surface area (Å²) >= 11 is 1.46. The van der Waals surface area contributed by atoms with Crippen LogP contribution in [0.4, 0.5) is 34.3 Å². The highest BCUT2D eigenvalue weighted by atomic mass is 32.1. The molecular weight excluding hydrogens is 603 g/mol. The molecule has 47 heavy (non-hydrogen) atoms. The topological polar surface area (TPSA) is 127 Å². The van der Waals surface area contributed by atoms with Crippen LogP contribution in [0.15, 0.2) is 89.1 Å². The van der Waals surface area contributed by atoms with E-state index in [1.54, 1.807) is 4.68 Å². The zero-order valence-electron chi connectivity index (χ0n) is 27.0. The Balaban J connectivity index is 1.53. The van der Waals surface area contributed by atoms with E-state index in [1.165, 1.54) is 11.3 Å². The number of fused-ring (bicyclic) bond motifs is 1. The lowest BCUT2D eigenvalue weighted by Gasteiger charge is -2.17. The number of hydrogen-bond acceptors (Lipinski definition) is 9. The van der Waals surface area contributed by atoms with Gasteiger partial charge in [0.15, 0.2) is 5.82 Å². The molecule has 0 fully saturated rings. The van der Waals surface area contributed by atoms with Gasteiger partial charge in [-0.1, -0.05) is 79.6 Å². The van der Waals surface area contributed by atoms with E-state index >= 15 is 0 Å². The van der Waals surface area contributed by atoms with Crippen LogP contribution in [0.5, 0.6) is 0 Å². The zero-order chi connectivity index (χ0) is 33.3. The van der Waals surface area contributed by atoms with Gasteiger partial charge in [-0.25, -0.2) is 4.98 Å². The molecule has 0 aliphatic heterocycles. The fourth-order valence-electron chi connectivity index (χ4n) is 5.17. The molecule has 0 aliphatic carbocycles. The van der Waals surface area contributed by atoms with Crippen LogP contribution in [0.2, 0.25) is 0 Å². The molecule has 0 bridgehead atoms. The first-order valence-corrected chi connectivity index (χ1v) is 15.9. The van der Waals surface area contributed by atoms with Gasteiger partial charge >= 0.3 is 0 Å². The third kappa shape index (κ3) is 6.32. The van der Waals surface area contributed by atoms with Crippen molar-refractivity contribution in [1.82, 2.24) is 14.8 Å². The maximum Gasteiger partial charge on any atom is 0.213 e. The summed E-state index contributed by atoms with van der Waals surface area (Å²) in [5.74, 6) is 0.275. The predicted octanol–water partition coefficient (Wildman–Crippen LogP) is 10.4. The Labute approximate surface area is 277 Å². The Bertz CT molecular complexity index is 2190. The summed E-state index contributed by atoms with van der Waals surface area (Å²) in [7, 11) is 0. The fourth-order valence-corrected chi connectivity index (χ4v) is 6.09. The van der Waals surface area contributed by atoms with Gasteiger partial charge in [-0.2, -0.15) is 20.3 Å². The van der Waals surface area contributed by atoms with Crippen LogP contribution in [-0.2, 0) is 5.41 Å². The number of aromatic nitrogens is 3. The largest absolute Gasteiger partial charge is 0.354 e. The highest BCUT2D eigenvalue weighted by molar-refractivity contribution is 7.20. The predicted molar refractivity (Wildman–Crippen MR) is 189 cm³/mol. The summed E-state index contributed by atoms with van der Waals surface area (Å²) in [5, 5.41) is 42.5. The van der Waals surface area contributed by atoms with Gasteiger partial charge in [0.25, 0.3) is 0 Å². The van der Waals surface area contributed by atoms with Crippen molar-refractivity contribution in [1.29, 1.82) is 10.5 Å². The zero-order valence-corrected chi connectivity index (χ0v) is 27.9. The molecule has 0 aliphatic rings. The second kappa shape index (κ2) is 12.5. The Morgan fingerprint density at radius 1 is 0.766 bits per heavy atom. The number of aryl methyl sites for hydroxylation is 2. The minimum atomic E-state index is -0.442. The van der Waals surface area contributed by atoms with Gasteiger partial charge in [0.05, 0.1) is 32.8 Å². The quantitative estimate of drug-likeness (QED) is 0.168. The minimum Gasteiger partial charge on any atom is -0.354 e. The molecule has 0 spiro atoms. The van der Waals surface area contributed by atoms with Gasteiger partial charge in [0, 0.05) is 16.8 Å². The van der Waals surface area contributed by atoms with Crippen molar-refractivity contribution in [2.45, 2.75) is 47.0 Å². The van der Waals surface area contributed by atoms with Crippen LogP contribution in [0, 0.1) is 43.4 Å². The second-order valence-electron chi connectivity index (χ2n) is 12.4. The molecule has 0 unspecified atom stereocenters. The summed E-state index contributed by atoms with van der Waals surface area (Å²) in [6, 6.07) is 30.4. The summed E-state index contributed by atoms with van der Waals surface area (Å²) in [6.45, 7) is 11.9. The summed E-state index contributed by atoms with van der Waals surface area (Å²) in [4.78, 5) is 4.80. The third-order valence-electron chi connectivity index (χ3n) is 7.71. The van der Waals surface area contributed by atoms with Crippen molar-refractivity contribution >= 4 is 55.8 Å². The molecule has 10 heteroatoms. The van der Waals surface area contributed by atoms with E-state index in [-0.39, 0.29) is 5.82 Å². The number of para-hydroxylation sites is 1. The van der Waals surface area contributed by atoms with Crippen LogP contribution in [0.25, 0.3) is 15.3 Å². The third-order valence-corrected chi connectivity index (χ3v) is 8.72. The van der Waals surface area contributed by atoms with Crippen molar-refractivity contribution in [3.63, 3.8) is 0 Å². The molecule has 0 radical (unpaired) electrons. The Morgan fingerprint density at radius 3 is 1.94 bits per heavy atom. The van der Waals surface area contributed by atoms with Crippen molar-refractivity contribution < 1.29 is 0 Å². The Morgan fingerprint density at radius 2 is 1.36 bits per heavy atom. The first-order valence-electron chi connectivity index (χ1n) is 15.1. The van der Waals surface area contributed by atoms with Crippen LogP contribution in [-0.4, -0.2) is 14.8 Å². The Hall–Kier alpha value is -5.84. The highest BCUT2D eigenvalue weighted by Gasteiger charge is 2.29. The van der Waals surface area contributed by atoms with Gasteiger partial charge in [-0.05, 0) is 68.8 Å². The molecule has 2 N–H and O–H groups in total. The molecule has 6 rings (SSSR count). The summed E-state index contributed by atoms with van der Waals surface area (Å²) < 4.78 is 2.60. The van der Waals surface area contributed by atoms with Crippen LogP contribution >= 0.6 is 11.3 Å². The number of benzene rings is 4. The van der Waals surface area contributed by atoms with E-state index in [2.05, 4.69) is 22.8 Å². The number of rotatable bonds is 7. The van der Waals surface area contributed by atoms with Crippen LogP contribution in [0.1, 0.15) is 54.3 Å². The molecule has 2 aromatic heterocycles. The van der Waals surface area contributed by atoms with E-state index in [9.17, 15) is 10.5 Å². The monoisotopic (exact) mass is 635 g/mol. The number of anilines is 4. The molecule has 9 nitrogen and oxygen atoms in total. The first kappa shape index (κ1) is 31.2. The summed E-state index contributed by atoms with van der Waals surface area (Å²) in [5.41, 5.74) is 8.10. The number of azo groups is 1. The molecule has 232 valence electrons. The van der Waals surface area contributed by atoms with Crippen molar-refractivity contribution in [3.05, 3.63) is 112 Å². The van der Waals surface area contributed by atoms with E-state index in [4.69, 9.17) is 20.3 Å². The molecule has 0 saturated carbocycles. The number of nitrogens with one attached hydrogen (secondary N) is 2. The minimum absolute atomic E-state index is 0.275. The van der Waals surface area contributed by atoms with Crippen molar-refractivity contribution in [2.75, 3.05) is 10.6 Å². The van der Waals surface area contributed by atoms with E-state index in [1.807, 2.05) is 120 Å². The van der Waals surface area contributed by atoms with Gasteiger partial charge in [-0.3, -0.25) is 0 Å². The van der Waals surface area contributed by atoms with Crippen molar-refractivity contribution in [3.8, 4) is 17.3 Å². The lowest BCUT2D eigenvalue weighted by atomic mass is 9.90. The van der Waals surface area contributed by atoms with E-state index in [0.29, 0.717) is 44.6 Å². The second-order valence-corrected chi connectivity index (χ2v) is 13.4. The summed E-state index contributed by atoms with van der Waals surface area (Å²) in [6.07, 6.45) is 0. The van der Waals surface area contributed by atoms with Gasteiger partial charge in [0.1, 0.15) is 23.4 Å². The number of thiazole rings is 1. The van der Waals surface area contributed by atoms with Crippen molar-refractivity contribution in [2.24, 2.45) is 10.2 Å². The lowest BCUT2D eigenvalue weighted by Crippen LogP contribution is -2.14. The van der Waals surface area contributed by atoms with E-state index < -0.39 is 5.41 Å². The van der Waals surface area contributed by atoms with Gasteiger partial charge in [-0.15, -0.1) is 10.2 Å². The normalized spacial score (nSPS) is 11.5. The number of nitrogens with zero attached hydrogens (tertiary/aromatic N) is 7. The van der Waals surface area contributed by atoms with E-state index in [0.717, 1.165) is 32.7 Å². The average molecular weight is 636 g/mol. The maximum absolute atomic E-state index is 10.4. The molecule has 4 aromatic carbocycles. The van der Waals surface area contributed by atoms with Crippen LogP contribution in [0.3, 0.4) is 0 Å². The maximum atomic E-state index is 10.4. The SMILES string of the molecule is Cc1ccc(Nc2cc(Nc3ccc(C)cc3)c(N=Nc3c(C#N)c(C(C)(C)C)nn3-c3nc4ccccc4s3)c(C)c2C#N)cc1. The smallest absolute Gasteiger partial charge is 0.213 e. The average Bonchev–Trinajstić information content (AvgIpc) is 3.65. The molecular formula is C37H33N9S. The standard InChI is InChI=1S/C37H33N9S/c1-22-11-15-25(16-12-22)40-30-19-31(41-26-17-13-23(2)14-18-26)33(24(3)27(30)20-38)43-44-35-28(21-39)34(37(4,5)6)45-46(35)36-42-29-9-7-8-10-32(29)47-36/h7-19,40-41H,1-6H3. The fraction of sp³-hybridized carbons (Fsp3) is 0.189. The lowest BCUT2D eigenvalue weighted by molar-refractivity contribution is 0.559. The number of hydrogen-bond donors (Lipinski definition) is 2. The molecule has 0 atom stereocenters. The van der Waals surface area contributed by atoms with Gasteiger partial charge < -0.3 is 10.6 Å². The highest BCUT2D eigenvalue weighted by Crippen LogP contribution is 2.41. The Kier molecular flexibility index (Phi) is 8.29. The molecule has 2 heterocycles. The number of nitriles is 2. The van der Waals surface area contributed by atoms with Crippen LogP contribution < -0.4 is 10.6 Å². The van der Waals surface area contributed by atoms with Gasteiger partial charge in [0.2, 0.25) is 5.13 Å². The molecule has 0 saturated heterocycles. The first-order chi connectivity index (χ1) is 22.5. The molecule has 0 amide bonds. The molecule has 6 aromatic rings.